The van der Waals surface area contributed by atoms with Gasteiger partial charge in [0, 0.05) is 31.8 Å². The molecular weight excluding hydrogens is 416 g/mol. The fourth-order valence-corrected chi connectivity index (χ4v) is 3.70. The summed E-state index contributed by atoms with van der Waals surface area (Å²) in [4.78, 5) is 40.1. The molecule has 4 rings (SSSR count). The van der Waals surface area contributed by atoms with E-state index >= 15 is 0 Å². The number of rotatable bonds is 6. The molecule has 1 saturated heterocycles. The zero-order valence-electron chi connectivity index (χ0n) is 18.2. The van der Waals surface area contributed by atoms with E-state index in [1.807, 2.05) is 13.8 Å². The summed E-state index contributed by atoms with van der Waals surface area (Å²) in [7, 11) is 0. The van der Waals surface area contributed by atoms with E-state index in [1.165, 1.54) is 16.7 Å². The van der Waals surface area contributed by atoms with Gasteiger partial charge in [0.1, 0.15) is 0 Å². The number of hydrogen-bond acceptors (Lipinski definition) is 7. The number of aromatic nitrogens is 3. The first-order valence-electron chi connectivity index (χ1n) is 10.8. The molecule has 11 nitrogen and oxygen atoms in total. The average molecular weight is 444 g/mol. The lowest BCUT2D eigenvalue weighted by atomic mass is 10.2. The highest BCUT2D eigenvalue weighted by atomic mass is 16.5. The summed E-state index contributed by atoms with van der Waals surface area (Å²) in [6, 6.07) is 0.0166. The maximum atomic E-state index is 13.3. The van der Waals surface area contributed by atoms with Crippen LogP contribution in [0.3, 0.4) is 0 Å². The first kappa shape index (κ1) is 21.9. The molecule has 3 heterocycles. The molecule has 32 heavy (non-hydrogen) atoms. The van der Waals surface area contributed by atoms with Crippen LogP contribution in [0.4, 0.5) is 5.82 Å². The van der Waals surface area contributed by atoms with Crippen LogP contribution in [-0.4, -0.2) is 68.3 Å². The van der Waals surface area contributed by atoms with Crippen molar-refractivity contribution in [3.63, 3.8) is 0 Å². The van der Waals surface area contributed by atoms with Gasteiger partial charge in [-0.2, -0.15) is 4.52 Å². The molecular formula is C21H28N6O5. The largest absolute Gasteiger partial charge is 0.492 e. The number of aromatic hydroxyl groups is 1. The molecule has 0 radical (unpaired) electrons. The molecule has 1 aliphatic heterocycles. The highest BCUT2D eigenvalue weighted by Gasteiger charge is 2.30. The third-order valence-corrected chi connectivity index (χ3v) is 5.47. The summed E-state index contributed by atoms with van der Waals surface area (Å²) in [5, 5.41) is 17.7. The molecule has 0 aromatic carbocycles. The van der Waals surface area contributed by atoms with Crippen molar-refractivity contribution in [2.45, 2.75) is 39.3 Å². The first-order valence-corrected chi connectivity index (χ1v) is 10.8. The Labute approximate surface area is 184 Å². The lowest BCUT2D eigenvalue weighted by Gasteiger charge is -2.25. The van der Waals surface area contributed by atoms with Gasteiger partial charge in [0.15, 0.2) is 17.0 Å². The summed E-state index contributed by atoms with van der Waals surface area (Å²) >= 11 is 0. The van der Waals surface area contributed by atoms with Crippen molar-refractivity contribution in [1.29, 1.82) is 0 Å². The summed E-state index contributed by atoms with van der Waals surface area (Å²) in [5.74, 6) is -1.34. The van der Waals surface area contributed by atoms with Crippen LogP contribution in [0.15, 0.2) is 10.9 Å². The second kappa shape index (κ2) is 8.65. The number of carbonyl (C=O) groups excluding carboxylic acids is 2. The lowest BCUT2D eigenvalue weighted by molar-refractivity contribution is -0.129. The van der Waals surface area contributed by atoms with Crippen molar-refractivity contribution < 1.29 is 19.4 Å². The van der Waals surface area contributed by atoms with Crippen LogP contribution in [0.25, 0.3) is 11.7 Å². The Hall–Kier alpha value is -3.34. The average Bonchev–Trinajstić information content (AvgIpc) is 3.50. The number of hydrogen-bond donors (Lipinski definition) is 3. The van der Waals surface area contributed by atoms with E-state index in [0.717, 1.165) is 17.4 Å². The Kier molecular flexibility index (Phi) is 5.92. The smallest absolute Gasteiger partial charge is 0.270 e. The van der Waals surface area contributed by atoms with Crippen LogP contribution >= 0.6 is 0 Å². The van der Waals surface area contributed by atoms with Crippen molar-refractivity contribution in [3.8, 4) is 5.88 Å². The molecule has 0 unspecified atom stereocenters. The SMILES string of the molecule is CC(C)Cn1c(=O)c(C(=O)NC2CC2)c(O)n2nc(N)c(C=CC(=O)N3CCOCC3)c12. The molecule has 0 spiro atoms. The molecule has 2 aliphatic rings. The van der Waals surface area contributed by atoms with Gasteiger partial charge in [-0.15, -0.1) is 5.10 Å². The minimum absolute atomic E-state index is 0.0166. The van der Waals surface area contributed by atoms with Crippen molar-refractivity contribution in [2.75, 3.05) is 32.0 Å². The second-order valence-corrected chi connectivity index (χ2v) is 8.56. The number of nitrogens with two attached hydrogens (primary N) is 1. The minimum atomic E-state index is -0.636. The number of nitrogen functional groups attached to an aromatic ring is 1. The Morgan fingerprint density at radius 1 is 1.31 bits per heavy atom. The predicted octanol–water partition coefficient (Wildman–Crippen LogP) is 0.204. The van der Waals surface area contributed by atoms with E-state index in [0.29, 0.717) is 31.9 Å². The van der Waals surface area contributed by atoms with Crippen molar-refractivity contribution >= 4 is 29.4 Å². The molecule has 2 aromatic heterocycles. The number of anilines is 1. The lowest BCUT2D eigenvalue weighted by Crippen LogP contribution is -2.39. The molecule has 1 saturated carbocycles. The van der Waals surface area contributed by atoms with Gasteiger partial charge in [0.05, 0.1) is 18.8 Å². The highest BCUT2D eigenvalue weighted by Crippen LogP contribution is 2.26. The molecule has 2 aromatic rings. The van der Waals surface area contributed by atoms with Crippen molar-refractivity contribution in [2.24, 2.45) is 5.92 Å². The van der Waals surface area contributed by atoms with Gasteiger partial charge in [-0.3, -0.25) is 19.0 Å². The molecule has 11 heteroatoms. The van der Waals surface area contributed by atoms with E-state index in [-0.39, 0.29) is 41.4 Å². The molecule has 172 valence electrons. The predicted molar refractivity (Wildman–Crippen MR) is 117 cm³/mol. The van der Waals surface area contributed by atoms with E-state index in [1.54, 1.807) is 4.90 Å². The van der Waals surface area contributed by atoms with E-state index in [4.69, 9.17) is 10.5 Å². The number of nitrogens with one attached hydrogen (secondary N) is 1. The summed E-state index contributed by atoms with van der Waals surface area (Å²) in [5.41, 5.74) is 5.66. The normalized spacial score (nSPS) is 16.9. The molecule has 4 N–H and O–H groups in total. The van der Waals surface area contributed by atoms with Gasteiger partial charge in [-0.25, -0.2) is 0 Å². The standard InChI is InChI=1S/C21H28N6O5/c1-12(2)11-26-19-14(5-6-15(28)25-7-9-32-10-8-25)17(22)24-27(19)21(31)16(20(26)30)18(29)23-13-3-4-13/h5-6,12-13,31H,3-4,7-11H2,1-2H3,(H2,22,24)(H,23,29). The van der Waals surface area contributed by atoms with Crippen LogP contribution in [0.2, 0.25) is 0 Å². The van der Waals surface area contributed by atoms with Crippen LogP contribution in [0, 0.1) is 5.92 Å². The van der Waals surface area contributed by atoms with Crippen LogP contribution in [-0.2, 0) is 16.1 Å². The highest BCUT2D eigenvalue weighted by molar-refractivity contribution is 5.97. The number of ether oxygens (including phenoxy) is 1. The monoisotopic (exact) mass is 444 g/mol. The topological polar surface area (TPSA) is 144 Å². The summed E-state index contributed by atoms with van der Waals surface area (Å²) < 4.78 is 7.74. The van der Waals surface area contributed by atoms with E-state index in [9.17, 15) is 19.5 Å². The first-order chi connectivity index (χ1) is 15.3. The van der Waals surface area contributed by atoms with Crippen LogP contribution in [0.5, 0.6) is 5.88 Å². The molecule has 0 bridgehead atoms. The molecule has 2 amide bonds. The van der Waals surface area contributed by atoms with Crippen molar-refractivity contribution in [3.05, 3.63) is 27.6 Å². The third kappa shape index (κ3) is 4.20. The molecule has 1 aliphatic carbocycles. The third-order valence-electron chi connectivity index (χ3n) is 5.47. The summed E-state index contributed by atoms with van der Waals surface area (Å²) in [6.45, 7) is 6.07. The number of morpholine rings is 1. The maximum Gasteiger partial charge on any atom is 0.270 e. The van der Waals surface area contributed by atoms with Gasteiger partial charge < -0.3 is 25.8 Å². The van der Waals surface area contributed by atoms with Gasteiger partial charge >= 0.3 is 0 Å². The summed E-state index contributed by atoms with van der Waals surface area (Å²) in [6.07, 6.45) is 4.55. The van der Waals surface area contributed by atoms with Crippen LogP contribution < -0.4 is 16.6 Å². The van der Waals surface area contributed by atoms with E-state index < -0.39 is 17.3 Å². The number of fused-ring (bicyclic) bond motifs is 1. The van der Waals surface area contributed by atoms with Gasteiger partial charge in [-0.05, 0) is 24.8 Å². The fraction of sp³-hybridized carbons (Fsp3) is 0.524. The van der Waals surface area contributed by atoms with Crippen LogP contribution in [0.1, 0.15) is 42.6 Å². The Morgan fingerprint density at radius 2 is 2.00 bits per heavy atom. The Bertz CT molecular complexity index is 1140. The van der Waals surface area contributed by atoms with Gasteiger partial charge in [0.25, 0.3) is 11.5 Å². The fourth-order valence-electron chi connectivity index (χ4n) is 3.70. The number of nitrogens with zero attached hydrogens (tertiary/aromatic N) is 4. The Balaban J connectivity index is 1.81. The zero-order chi connectivity index (χ0) is 23.0. The molecule has 2 fully saturated rings. The van der Waals surface area contributed by atoms with Crippen molar-refractivity contribution in [1.82, 2.24) is 24.4 Å². The number of amides is 2. The van der Waals surface area contributed by atoms with Gasteiger partial charge in [0.2, 0.25) is 11.8 Å². The quantitative estimate of drug-likeness (QED) is 0.540. The van der Waals surface area contributed by atoms with E-state index in [2.05, 4.69) is 10.4 Å². The zero-order valence-corrected chi connectivity index (χ0v) is 18.2. The van der Waals surface area contributed by atoms with Gasteiger partial charge in [-0.1, -0.05) is 13.8 Å². The molecule has 0 atom stereocenters. The second-order valence-electron chi connectivity index (χ2n) is 8.56. The minimum Gasteiger partial charge on any atom is -0.492 e. The maximum absolute atomic E-state index is 13.3. The number of carbonyl (C=O) groups is 2. The Morgan fingerprint density at radius 3 is 2.62 bits per heavy atom.